The van der Waals surface area contributed by atoms with Crippen molar-refractivity contribution in [2.45, 2.75) is 50.7 Å². The Morgan fingerprint density at radius 2 is 1.70 bits per heavy atom. The number of hydrogen-bond donors (Lipinski definition) is 2. The minimum absolute atomic E-state index is 0.124. The van der Waals surface area contributed by atoms with Gasteiger partial charge in [0.15, 0.2) is 15.9 Å². The lowest BCUT2D eigenvalue weighted by Crippen LogP contribution is -2.50. The normalized spacial score (nSPS) is 12.8. The van der Waals surface area contributed by atoms with Gasteiger partial charge >= 0.3 is 12.0 Å². The molecule has 0 bridgehead atoms. The van der Waals surface area contributed by atoms with Crippen molar-refractivity contribution in [1.29, 1.82) is 0 Å². The highest BCUT2D eigenvalue weighted by atomic mass is 32.2. The molecule has 0 unspecified atom stereocenters. The number of carbonyl (C=O) groups is 3. The van der Waals surface area contributed by atoms with Gasteiger partial charge < -0.3 is 10.1 Å². The number of halogens is 1. The number of esters is 1. The largest absolute Gasteiger partial charge is 0.453 e. The van der Waals surface area contributed by atoms with Crippen LogP contribution in [0.2, 0.25) is 0 Å². The van der Waals surface area contributed by atoms with Crippen LogP contribution in [-0.2, 0) is 24.2 Å². The predicted octanol–water partition coefficient (Wildman–Crippen LogP) is 1.55. The van der Waals surface area contributed by atoms with E-state index in [-0.39, 0.29) is 4.90 Å². The zero-order chi connectivity index (χ0) is 20.8. The van der Waals surface area contributed by atoms with E-state index in [9.17, 15) is 27.2 Å². The summed E-state index contributed by atoms with van der Waals surface area (Å²) >= 11 is 0. The Hall–Kier alpha value is -2.49. The molecule has 1 aromatic rings. The van der Waals surface area contributed by atoms with Crippen molar-refractivity contribution >= 4 is 27.7 Å². The maximum absolute atomic E-state index is 12.9. The van der Waals surface area contributed by atoms with Crippen LogP contribution < -0.4 is 10.6 Å². The fraction of sp³-hybridized carbons (Fsp3) is 0.471. The standard InChI is InChI=1S/C17H23FN2O6S/c1-11(15(22)19-16(23)20-17(2,3)4)26-14(21)9-10-27(24,25)13-7-5-12(18)6-8-13/h5-8,11H,9-10H2,1-4H3,(H2,19,20,22,23)/t11-/m1/s1. The molecule has 0 heterocycles. The van der Waals surface area contributed by atoms with Crippen molar-refractivity contribution in [3.63, 3.8) is 0 Å². The Balaban J connectivity index is 2.52. The minimum Gasteiger partial charge on any atom is -0.453 e. The van der Waals surface area contributed by atoms with E-state index in [1.54, 1.807) is 20.8 Å². The van der Waals surface area contributed by atoms with E-state index in [0.29, 0.717) is 0 Å². The third-order valence-corrected chi connectivity index (χ3v) is 4.88. The number of rotatable bonds is 6. The van der Waals surface area contributed by atoms with Crippen molar-refractivity contribution in [3.8, 4) is 0 Å². The summed E-state index contributed by atoms with van der Waals surface area (Å²) in [5, 5.41) is 4.53. The van der Waals surface area contributed by atoms with Gasteiger partial charge in [0.2, 0.25) is 0 Å². The molecule has 8 nitrogen and oxygen atoms in total. The lowest BCUT2D eigenvalue weighted by atomic mass is 10.1. The molecule has 3 amide bonds. The molecular weight excluding hydrogens is 379 g/mol. The molecule has 2 N–H and O–H groups in total. The summed E-state index contributed by atoms with van der Waals surface area (Å²) in [5.74, 6) is -2.90. The molecule has 1 rings (SSSR count). The fourth-order valence-corrected chi connectivity index (χ4v) is 3.09. The van der Waals surface area contributed by atoms with Crippen LogP contribution in [0.5, 0.6) is 0 Å². The van der Waals surface area contributed by atoms with Gasteiger partial charge in [-0.2, -0.15) is 0 Å². The van der Waals surface area contributed by atoms with Crippen LogP contribution >= 0.6 is 0 Å². The molecule has 10 heteroatoms. The average Bonchev–Trinajstić information content (AvgIpc) is 2.51. The molecule has 0 aliphatic heterocycles. The number of imide groups is 1. The SMILES string of the molecule is C[C@@H](OC(=O)CCS(=O)(=O)c1ccc(F)cc1)C(=O)NC(=O)NC(C)(C)C. The van der Waals surface area contributed by atoms with Gasteiger partial charge in [-0.1, -0.05) is 0 Å². The fourth-order valence-electron chi connectivity index (χ4n) is 1.87. The van der Waals surface area contributed by atoms with Crippen LogP contribution in [0.15, 0.2) is 29.2 Å². The van der Waals surface area contributed by atoms with Gasteiger partial charge in [-0.15, -0.1) is 0 Å². The molecule has 0 aromatic heterocycles. The zero-order valence-electron chi connectivity index (χ0n) is 15.5. The third-order valence-electron chi connectivity index (χ3n) is 3.15. The van der Waals surface area contributed by atoms with Crippen molar-refractivity contribution < 1.29 is 31.9 Å². The lowest BCUT2D eigenvalue weighted by Gasteiger charge is -2.21. The maximum atomic E-state index is 12.9. The summed E-state index contributed by atoms with van der Waals surface area (Å²) in [7, 11) is -3.80. The Kier molecular flexibility index (Phi) is 7.46. The number of sulfone groups is 1. The summed E-state index contributed by atoms with van der Waals surface area (Å²) in [6.45, 7) is 6.43. The third kappa shape index (κ3) is 8.16. The highest BCUT2D eigenvalue weighted by Gasteiger charge is 2.23. The number of amides is 3. The lowest BCUT2D eigenvalue weighted by molar-refractivity contribution is -0.154. The molecule has 1 atom stereocenters. The van der Waals surface area contributed by atoms with E-state index in [1.165, 1.54) is 6.92 Å². The number of nitrogens with one attached hydrogen (secondary N) is 2. The van der Waals surface area contributed by atoms with Gasteiger partial charge in [0, 0.05) is 5.54 Å². The van der Waals surface area contributed by atoms with Gasteiger partial charge in [-0.3, -0.25) is 14.9 Å². The number of ether oxygens (including phenoxy) is 1. The quantitative estimate of drug-likeness (QED) is 0.550. The summed E-state index contributed by atoms with van der Waals surface area (Å²) in [5.41, 5.74) is -0.557. The van der Waals surface area contributed by atoms with E-state index >= 15 is 0 Å². The van der Waals surface area contributed by atoms with E-state index in [4.69, 9.17) is 4.74 Å². The number of carbonyl (C=O) groups excluding carboxylic acids is 3. The summed E-state index contributed by atoms with van der Waals surface area (Å²) in [4.78, 5) is 35.1. The Bertz CT molecular complexity index is 800. The maximum Gasteiger partial charge on any atom is 0.321 e. The highest BCUT2D eigenvalue weighted by Crippen LogP contribution is 2.13. The molecule has 0 saturated heterocycles. The molecule has 1 aromatic carbocycles. The van der Waals surface area contributed by atoms with Gasteiger partial charge in [-0.25, -0.2) is 17.6 Å². The van der Waals surface area contributed by atoms with Crippen molar-refractivity contribution in [2.24, 2.45) is 0 Å². The molecule has 0 radical (unpaired) electrons. The Morgan fingerprint density at radius 3 is 2.22 bits per heavy atom. The van der Waals surface area contributed by atoms with Crippen molar-refractivity contribution in [2.75, 3.05) is 5.75 Å². The minimum atomic E-state index is -3.80. The molecule has 0 spiro atoms. The Labute approximate surface area is 157 Å². The van der Waals surface area contributed by atoms with E-state index in [2.05, 4.69) is 5.32 Å². The monoisotopic (exact) mass is 402 g/mol. The van der Waals surface area contributed by atoms with Gasteiger partial charge in [0.1, 0.15) is 5.82 Å². The molecule has 27 heavy (non-hydrogen) atoms. The topological polar surface area (TPSA) is 119 Å². The summed E-state index contributed by atoms with van der Waals surface area (Å²) in [6.07, 6.45) is -1.78. The second-order valence-corrected chi connectivity index (χ2v) is 8.96. The first kappa shape index (κ1) is 22.6. The van der Waals surface area contributed by atoms with Crippen molar-refractivity contribution in [1.82, 2.24) is 10.6 Å². The molecule has 0 aliphatic carbocycles. The van der Waals surface area contributed by atoms with Crippen LogP contribution in [0.4, 0.5) is 9.18 Å². The van der Waals surface area contributed by atoms with E-state index in [1.807, 2.05) is 5.32 Å². The molecule has 0 fully saturated rings. The van der Waals surface area contributed by atoms with E-state index < -0.39 is 57.4 Å². The second kappa shape index (κ2) is 8.94. The average molecular weight is 402 g/mol. The first-order valence-corrected chi connectivity index (χ1v) is 9.76. The van der Waals surface area contributed by atoms with Crippen LogP contribution in [0.25, 0.3) is 0 Å². The number of hydrogen-bond acceptors (Lipinski definition) is 6. The summed E-state index contributed by atoms with van der Waals surface area (Å²) < 4.78 is 41.9. The molecule has 150 valence electrons. The first-order chi connectivity index (χ1) is 12.3. The first-order valence-electron chi connectivity index (χ1n) is 8.11. The highest BCUT2D eigenvalue weighted by molar-refractivity contribution is 7.91. The van der Waals surface area contributed by atoms with Crippen molar-refractivity contribution in [3.05, 3.63) is 30.1 Å². The predicted molar refractivity (Wildman–Crippen MR) is 95.1 cm³/mol. The molecular formula is C17H23FN2O6S. The van der Waals surface area contributed by atoms with Crippen LogP contribution in [0.3, 0.4) is 0 Å². The summed E-state index contributed by atoms with van der Waals surface area (Å²) in [6, 6.07) is 3.45. The number of urea groups is 1. The smallest absolute Gasteiger partial charge is 0.321 e. The van der Waals surface area contributed by atoms with E-state index in [0.717, 1.165) is 24.3 Å². The molecule has 0 aliphatic rings. The van der Waals surface area contributed by atoms with Gasteiger partial charge in [-0.05, 0) is 52.0 Å². The van der Waals surface area contributed by atoms with Crippen LogP contribution in [0, 0.1) is 5.82 Å². The second-order valence-electron chi connectivity index (χ2n) is 6.85. The van der Waals surface area contributed by atoms with Gasteiger partial charge in [0.05, 0.1) is 17.1 Å². The van der Waals surface area contributed by atoms with Gasteiger partial charge in [0.25, 0.3) is 5.91 Å². The molecule has 0 saturated carbocycles. The Morgan fingerprint density at radius 1 is 1.15 bits per heavy atom. The number of benzene rings is 1. The van der Waals surface area contributed by atoms with Crippen LogP contribution in [-0.4, -0.2) is 43.7 Å². The van der Waals surface area contributed by atoms with Crippen LogP contribution in [0.1, 0.15) is 34.1 Å². The zero-order valence-corrected chi connectivity index (χ0v) is 16.4.